The number of halogens is 1. The van der Waals surface area contributed by atoms with Crippen LogP contribution in [0, 0.1) is 13.8 Å². The number of carboxylic acid groups (broad SMARTS) is 1. The monoisotopic (exact) mass is 295 g/mol. The summed E-state index contributed by atoms with van der Waals surface area (Å²) in [5.41, 5.74) is 3.08. The minimum atomic E-state index is -0.877. The van der Waals surface area contributed by atoms with E-state index >= 15 is 0 Å². The first-order valence-electron chi connectivity index (χ1n) is 5.80. The van der Waals surface area contributed by atoms with Crippen LogP contribution < -0.4 is 5.32 Å². The van der Waals surface area contributed by atoms with Crippen LogP contribution in [0.3, 0.4) is 0 Å². The summed E-state index contributed by atoms with van der Waals surface area (Å²) in [6, 6.07) is 7.39. The van der Waals surface area contributed by atoms with Gasteiger partial charge >= 0.3 is 5.97 Å². The molecule has 0 aliphatic carbocycles. The number of nitrogens with one attached hydrogen (secondary N) is 1. The molecule has 2 aromatic rings. The lowest BCUT2D eigenvalue weighted by Gasteiger charge is -2.09. The van der Waals surface area contributed by atoms with Crippen LogP contribution in [0.2, 0.25) is 5.02 Å². The van der Waals surface area contributed by atoms with Crippen molar-refractivity contribution in [2.75, 3.05) is 5.32 Å². The van der Waals surface area contributed by atoms with Crippen LogP contribution in [0.4, 0.5) is 5.69 Å². The van der Waals surface area contributed by atoms with E-state index in [2.05, 4.69) is 5.32 Å². The summed E-state index contributed by atoms with van der Waals surface area (Å²) < 4.78 is 0. The Hall–Kier alpha value is -1.52. The number of aryl methyl sites for hydroxylation is 2. The van der Waals surface area contributed by atoms with E-state index in [4.69, 9.17) is 16.7 Å². The van der Waals surface area contributed by atoms with Crippen molar-refractivity contribution in [1.82, 2.24) is 0 Å². The highest BCUT2D eigenvalue weighted by Gasteiger charge is 2.11. The highest BCUT2D eigenvalue weighted by atomic mass is 35.5. The van der Waals surface area contributed by atoms with Crippen LogP contribution in [-0.2, 0) is 6.54 Å². The Labute approximate surface area is 120 Å². The summed E-state index contributed by atoms with van der Waals surface area (Å²) in [6.07, 6.45) is 0. The van der Waals surface area contributed by atoms with Crippen molar-refractivity contribution in [2.45, 2.75) is 20.4 Å². The van der Waals surface area contributed by atoms with E-state index in [9.17, 15) is 4.79 Å². The first-order valence-corrected chi connectivity index (χ1v) is 6.99. The lowest BCUT2D eigenvalue weighted by molar-refractivity contribution is 0.0702. The zero-order chi connectivity index (χ0) is 14.0. The molecule has 100 valence electrons. The summed E-state index contributed by atoms with van der Waals surface area (Å²) in [5.74, 6) is -0.877. The van der Waals surface area contributed by atoms with Crippen molar-refractivity contribution < 1.29 is 9.90 Å². The highest BCUT2D eigenvalue weighted by Crippen LogP contribution is 2.24. The summed E-state index contributed by atoms with van der Waals surface area (Å²) in [7, 11) is 0. The van der Waals surface area contributed by atoms with Gasteiger partial charge in [-0.15, -0.1) is 11.3 Å². The van der Waals surface area contributed by atoms with Crippen molar-refractivity contribution >= 4 is 34.6 Å². The smallest absolute Gasteiger partial charge is 0.345 e. The number of benzene rings is 1. The van der Waals surface area contributed by atoms with Gasteiger partial charge in [-0.05, 0) is 43.2 Å². The van der Waals surface area contributed by atoms with Crippen molar-refractivity contribution in [3.8, 4) is 0 Å². The fraction of sp³-hybridized carbons (Fsp3) is 0.214. The quantitative estimate of drug-likeness (QED) is 0.882. The Kier molecular flexibility index (Phi) is 4.12. The van der Waals surface area contributed by atoms with Gasteiger partial charge in [0, 0.05) is 22.1 Å². The molecule has 1 aromatic carbocycles. The van der Waals surface area contributed by atoms with Crippen LogP contribution >= 0.6 is 22.9 Å². The fourth-order valence-electron chi connectivity index (χ4n) is 1.78. The number of rotatable bonds is 4. The molecule has 0 fully saturated rings. The minimum absolute atomic E-state index is 0.372. The van der Waals surface area contributed by atoms with Gasteiger partial charge in [-0.3, -0.25) is 0 Å². The van der Waals surface area contributed by atoms with Gasteiger partial charge in [0.15, 0.2) is 0 Å². The molecule has 0 radical (unpaired) electrons. The Balaban J connectivity index is 2.14. The fourth-order valence-corrected chi connectivity index (χ4v) is 2.83. The van der Waals surface area contributed by atoms with Gasteiger partial charge in [0.1, 0.15) is 4.88 Å². The molecule has 2 rings (SSSR count). The van der Waals surface area contributed by atoms with E-state index in [0.29, 0.717) is 16.4 Å². The largest absolute Gasteiger partial charge is 0.477 e. The molecule has 0 atom stereocenters. The number of carboxylic acids is 1. The summed E-state index contributed by atoms with van der Waals surface area (Å²) in [4.78, 5) is 12.3. The topological polar surface area (TPSA) is 49.3 Å². The van der Waals surface area contributed by atoms with E-state index in [1.165, 1.54) is 11.3 Å². The van der Waals surface area contributed by atoms with Crippen LogP contribution in [0.25, 0.3) is 0 Å². The third-order valence-electron chi connectivity index (χ3n) is 2.90. The van der Waals surface area contributed by atoms with Crippen molar-refractivity contribution in [2.24, 2.45) is 0 Å². The minimum Gasteiger partial charge on any atom is -0.477 e. The molecule has 0 amide bonds. The van der Waals surface area contributed by atoms with E-state index in [0.717, 1.165) is 21.7 Å². The first-order chi connectivity index (χ1) is 8.97. The average molecular weight is 296 g/mol. The second-order valence-corrected chi connectivity index (χ2v) is 6.00. The molecule has 2 N–H and O–H groups in total. The number of anilines is 1. The number of thiophene rings is 1. The normalized spacial score (nSPS) is 10.5. The zero-order valence-electron chi connectivity index (χ0n) is 10.7. The third kappa shape index (κ3) is 3.28. The number of hydrogen-bond donors (Lipinski definition) is 2. The maximum atomic E-state index is 10.9. The molecular weight excluding hydrogens is 282 g/mol. The van der Waals surface area contributed by atoms with Gasteiger partial charge in [0.2, 0.25) is 0 Å². The molecule has 0 saturated heterocycles. The molecule has 0 aliphatic rings. The molecule has 0 saturated carbocycles. The van der Waals surface area contributed by atoms with Crippen molar-refractivity contribution in [3.05, 3.63) is 50.2 Å². The second-order valence-electron chi connectivity index (χ2n) is 4.31. The Morgan fingerprint density at radius 2 is 2.11 bits per heavy atom. The Morgan fingerprint density at radius 3 is 2.74 bits per heavy atom. The summed E-state index contributed by atoms with van der Waals surface area (Å²) in [5, 5.41) is 12.9. The summed E-state index contributed by atoms with van der Waals surface area (Å²) in [6.45, 7) is 4.53. The molecular formula is C14H14ClNO2S. The molecule has 0 unspecified atom stereocenters. The lowest BCUT2D eigenvalue weighted by atomic mass is 10.2. The zero-order valence-corrected chi connectivity index (χ0v) is 12.2. The Bertz CT molecular complexity index is 622. The van der Waals surface area contributed by atoms with Crippen LogP contribution in [0.1, 0.15) is 25.7 Å². The summed E-state index contributed by atoms with van der Waals surface area (Å²) >= 11 is 7.26. The van der Waals surface area contributed by atoms with Crippen molar-refractivity contribution in [1.29, 1.82) is 0 Å². The molecule has 0 spiro atoms. The molecule has 3 nitrogen and oxygen atoms in total. The standard InChI is InChI=1S/C14H14ClNO2S/c1-8-3-4-11(15)6-12(8)16-7-10-5-13(14(17)18)19-9(10)2/h3-6,16H,7H2,1-2H3,(H,17,18). The SMILES string of the molecule is Cc1ccc(Cl)cc1NCc1cc(C(=O)O)sc1C. The molecule has 0 bridgehead atoms. The maximum Gasteiger partial charge on any atom is 0.345 e. The van der Waals surface area contributed by atoms with Crippen LogP contribution in [-0.4, -0.2) is 11.1 Å². The number of hydrogen-bond acceptors (Lipinski definition) is 3. The number of carbonyl (C=O) groups is 1. The lowest BCUT2D eigenvalue weighted by Crippen LogP contribution is -2.01. The predicted molar refractivity (Wildman–Crippen MR) is 79.5 cm³/mol. The first kappa shape index (κ1) is 13.9. The van der Waals surface area contributed by atoms with Crippen molar-refractivity contribution in [3.63, 3.8) is 0 Å². The molecule has 5 heteroatoms. The maximum absolute atomic E-state index is 10.9. The van der Waals surface area contributed by atoms with E-state index in [1.807, 2.05) is 32.0 Å². The van der Waals surface area contributed by atoms with Crippen LogP contribution in [0.5, 0.6) is 0 Å². The van der Waals surface area contributed by atoms with Gasteiger partial charge in [0.25, 0.3) is 0 Å². The van der Waals surface area contributed by atoms with Crippen LogP contribution in [0.15, 0.2) is 24.3 Å². The molecule has 19 heavy (non-hydrogen) atoms. The number of aromatic carboxylic acids is 1. The molecule has 0 aliphatic heterocycles. The second kappa shape index (κ2) is 5.63. The molecule has 1 heterocycles. The van der Waals surface area contributed by atoms with Gasteiger partial charge in [-0.25, -0.2) is 4.79 Å². The molecule has 1 aromatic heterocycles. The van der Waals surface area contributed by atoms with Gasteiger partial charge in [0.05, 0.1) is 0 Å². The van der Waals surface area contributed by atoms with Gasteiger partial charge in [-0.1, -0.05) is 17.7 Å². The third-order valence-corrected chi connectivity index (χ3v) is 4.22. The highest BCUT2D eigenvalue weighted by molar-refractivity contribution is 7.14. The van der Waals surface area contributed by atoms with Gasteiger partial charge in [-0.2, -0.15) is 0 Å². The van der Waals surface area contributed by atoms with E-state index in [1.54, 1.807) is 6.07 Å². The van der Waals surface area contributed by atoms with E-state index < -0.39 is 5.97 Å². The van der Waals surface area contributed by atoms with Gasteiger partial charge < -0.3 is 10.4 Å². The average Bonchev–Trinajstić information content (AvgIpc) is 2.72. The van der Waals surface area contributed by atoms with E-state index in [-0.39, 0.29) is 0 Å². The predicted octanol–water partition coefficient (Wildman–Crippen LogP) is 4.33. The Morgan fingerprint density at radius 1 is 1.37 bits per heavy atom.